The average Bonchev–Trinajstić information content (AvgIpc) is 2.89. The van der Waals surface area contributed by atoms with E-state index in [1.807, 2.05) is 36.7 Å². The number of unbranched alkanes of at least 4 members (excludes halogenated alkanes) is 1. The molecule has 0 unspecified atom stereocenters. The van der Waals surface area contributed by atoms with E-state index in [2.05, 4.69) is 44.5 Å². The molecule has 0 amide bonds. The number of halogens is 1. The molecule has 86 valence electrons. The lowest BCUT2D eigenvalue weighted by molar-refractivity contribution is 1.00. The summed E-state index contributed by atoms with van der Waals surface area (Å²) in [6.07, 6.45) is 6.11. The van der Waals surface area contributed by atoms with Crippen LogP contribution in [-0.2, 0) is 0 Å². The predicted octanol–water partition coefficient (Wildman–Crippen LogP) is 4.00. The number of alkyl halides is 1. The normalized spacial score (nSPS) is 9.71. The lowest BCUT2D eigenvalue weighted by Crippen LogP contribution is -1.93. The molecule has 1 nitrogen and oxygen atoms in total. The number of benzene rings is 1. The molecule has 2 rings (SSSR count). The van der Waals surface area contributed by atoms with E-state index in [1.165, 1.54) is 0 Å². The van der Waals surface area contributed by atoms with Crippen molar-refractivity contribution in [2.75, 3.05) is 5.33 Å². The number of nitrogens with zero attached hydrogens (tertiary/aromatic N) is 1. The Labute approximate surface area is 111 Å². The fourth-order valence-electron chi connectivity index (χ4n) is 1.61. The smallest absolute Gasteiger partial charge is 0.0606 e. The van der Waals surface area contributed by atoms with Crippen LogP contribution in [0.1, 0.15) is 18.4 Å². The van der Waals surface area contributed by atoms with Crippen molar-refractivity contribution < 1.29 is 0 Å². The summed E-state index contributed by atoms with van der Waals surface area (Å²) < 4.78 is 2.09. The van der Waals surface area contributed by atoms with Gasteiger partial charge < -0.3 is 4.57 Å². The highest BCUT2D eigenvalue weighted by Gasteiger charge is 1.99. The number of para-hydroxylation sites is 1. The van der Waals surface area contributed by atoms with Gasteiger partial charge in [0.25, 0.3) is 0 Å². The standard InChI is InChI=1S/C15H14BrN/c16-11-5-1-2-8-14-9-3-4-10-15(14)17-12-6-7-13-17/h3-4,6-7,9-10,12-13H,1,5,11H2. The first kappa shape index (κ1) is 12.0. The van der Waals surface area contributed by atoms with Gasteiger partial charge in [0.05, 0.1) is 5.69 Å². The van der Waals surface area contributed by atoms with E-state index in [0.29, 0.717) is 0 Å². The second-order valence-corrected chi connectivity index (χ2v) is 4.49. The van der Waals surface area contributed by atoms with Gasteiger partial charge in [-0.1, -0.05) is 39.9 Å². The van der Waals surface area contributed by atoms with E-state index in [9.17, 15) is 0 Å². The molecule has 0 fully saturated rings. The van der Waals surface area contributed by atoms with Crippen LogP contribution in [0, 0.1) is 11.8 Å². The van der Waals surface area contributed by atoms with Crippen LogP contribution in [0.5, 0.6) is 0 Å². The summed E-state index contributed by atoms with van der Waals surface area (Å²) in [5.41, 5.74) is 2.22. The monoisotopic (exact) mass is 287 g/mol. The van der Waals surface area contributed by atoms with E-state index in [-0.39, 0.29) is 0 Å². The Kier molecular flexibility index (Phi) is 4.46. The highest BCUT2D eigenvalue weighted by molar-refractivity contribution is 9.09. The maximum absolute atomic E-state index is 3.41. The minimum Gasteiger partial charge on any atom is -0.323 e. The van der Waals surface area contributed by atoms with Gasteiger partial charge in [-0.05, 0) is 30.7 Å². The summed E-state index contributed by atoms with van der Waals surface area (Å²) in [6.45, 7) is 0. The van der Waals surface area contributed by atoms with Crippen LogP contribution in [0.2, 0.25) is 0 Å². The Hall–Kier alpha value is -1.46. The Morgan fingerprint density at radius 2 is 1.82 bits per heavy atom. The molecule has 2 aromatic rings. The van der Waals surface area contributed by atoms with Gasteiger partial charge in [0.1, 0.15) is 0 Å². The minimum atomic E-state index is 0.936. The summed E-state index contributed by atoms with van der Waals surface area (Å²) in [6, 6.07) is 12.3. The van der Waals surface area contributed by atoms with Gasteiger partial charge in [-0.3, -0.25) is 0 Å². The van der Waals surface area contributed by atoms with Gasteiger partial charge in [0.2, 0.25) is 0 Å². The van der Waals surface area contributed by atoms with E-state index in [0.717, 1.165) is 29.4 Å². The fourth-order valence-corrected chi connectivity index (χ4v) is 1.89. The van der Waals surface area contributed by atoms with E-state index in [4.69, 9.17) is 0 Å². The maximum Gasteiger partial charge on any atom is 0.0606 e. The summed E-state index contributed by atoms with van der Waals surface area (Å²) in [4.78, 5) is 0. The third kappa shape index (κ3) is 3.25. The summed E-state index contributed by atoms with van der Waals surface area (Å²) in [5, 5.41) is 1.01. The zero-order chi connectivity index (χ0) is 11.9. The number of hydrogen-bond donors (Lipinski definition) is 0. The Morgan fingerprint density at radius 3 is 2.59 bits per heavy atom. The van der Waals surface area contributed by atoms with Crippen molar-refractivity contribution in [1.82, 2.24) is 4.57 Å². The van der Waals surface area contributed by atoms with Gasteiger partial charge in [0, 0.05) is 29.7 Å². The van der Waals surface area contributed by atoms with Crippen LogP contribution in [0.3, 0.4) is 0 Å². The number of rotatable bonds is 3. The molecule has 0 aliphatic rings. The molecular formula is C15H14BrN. The average molecular weight is 288 g/mol. The molecule has 17 heavy (non-hydrogen) atoms. The summed E-state index contributed by atoms with van der Waals surface area (Å²) in [7, 11) is 0. The van der Waals surface area contributed by atoms with Gasteiger partial charge in [-0.15, -0.1) is 0 Å². The highest BCUT2D eigenvalue weighted by Crippen LogP contribution is 2.13. The van der Waals surface area contributed by atoms with Crippen LogP contribution in [0.25, 0.3) is 5.69 Å². The largest absolute Gasteiger partial charge is 0.323 e. The first-order chi connectivity index (χ1) is 8.42. The lowest BCUT2D eigenvalue weighted by atomic mass is 10.1. The van der Waals surface area contributed by atoms with Gasteiger partial charge in [0.15, 0.2) is 0 Å². The summed E-state index contributed by atoms with van der Waals surface area (Å²) >= 11 is 3.41. The molecule has 0 N–H and O–H groups in total. The zero-order valence-electron chi connectivity index (χ0n) is 9.57. The highest BCUT2D eigenvalue weighted by atomic mass is 79.9. The molecule has 1 aromatic heterocycles. The molecule has 0 saturated heterocycles. The van der Waals surface area contributed by atoms with E-state index < -0.39 is 0 Å². The molecular weight excluding hydrogens is 274 g/mol. The van der Waals surface area contributed by atoms with E-state index in [1.54, 1.807) is 0 Å². The first-order valence-corrected chi connectivity index (χ1v) is 6.81. The quantitative estimate of drug-likeness (QED) is 0.457. The van der Waals surface area contributed by atoms with Crippen molar-refractivity contribution in [3.05, 3.63) is 54.4 Å². The molecule has 1 aromatic carbocycles. The van der Waals surface area contributed by atoms with E-state index >= 15 is 0 Å². The van der Waals surface area contributed by atoms with Crippen molar-refractivity contribution in [2.24, 2.45) is 0 Å². The SMILES string of the molecule is BrCCCC#Cc1ccccc1-n1cccc1. The molecule has 0 bridgehead atoms. The number of hydrogen-bond acceptors (Lipinski definition) is 0. The second-order valence-electron chi connectivity index (χ2n) is 3.70. The zero-order valence-corrected chi connectivity index (χ0v) is 11.2. The van der Waals surface area contributed by atoms with Crippen LogP contribution in [-0.4, -0.2) is 9.90 Å². The summed E-state index contributed by atoms with van der Waals surface area (Å²) in [5.74, 6) is 6.46. The van der Waals surface area contributed by atoms with Crippen molar-refractivity contribution in [2.45, 2.75) is 12.8 Å². The molecule has 0 aliphatic heterocycles. The molecule has 0 radical (unpaired) electrons. The maximum atomic E-state index is 3.41. The molecule has 0 saturated carbocycles. The van der Waals surface area contributed by atoms with Crippen LogP contribution in [0.15, 0.2) is 48.8 Å². The first-order valence-electron chi connectivity index (χ1n) is 5.69. The van der Waals surface area contributed by atoms with Gasteiger partial charge >= 0.3 is 0 Å². The van der Waals surface area contributed by atoms with Crippen molar-refractivity contribution in [1.29, 1.82) is 0 Å². The van der Waals surface area contributed by atoms with Crippen LogP contribution >= 0.6 is 15.9 Å². The molecule has 2 heteroatoms. The molecule has 0 atom stereocenters. The Balaban J connectivity index is 2.24. The Morgan fingerprint density at radius 1 is 1.06 bits per heavy atom. The molecule has 1 heterocycles. The second kappa shape index (κ2) is 6.32. The van der Waals surface area contributed by atoms with Gasteiger partial charge in [-0.25, -0.2) is 0 Å². The van der Waals surface area contributed by atoms with Crippen molar-refractivity contribution in [3.8, 4) is 17.5 Å². The third-order valence-corrected chi connectivity index (χ3v) is 3.01. The number of aromatic nitrogens is 1. The topological polar surface area (TPSA) is 4.93 Å². The minimum absolute atomic E-state index is 0.936. The van der Waals surface area contributed by atoms with Gasteiger partial charge in [-0.2, -0.15) is 0 Å². The van der Waals surface area contributed by atoms with Crippen molar-refractivity contribution in [3.63, 3.8) is 0 Å². The third-order valence-electron chi connectivity index (χ3n) is 2.45. The lowest BCUT2D eigenvalue weighted by Gasteiger charge is -2.05. The fraction of sp³-hybridized carbons (Fsp3) is 0.200. The Bertz CT molecular complexity index is 517. The predicted molar refractivity (Wildman–Crippen MR) is 75.7 cm³/mol. The molecule has 0 aliphatic carbocycles. The molecule has 0 spiro atoms. The van der Waals surface area contributed by atoms with Crippen LogP contribution in [0.4, 0.5) is 0 Å². The van der Waals surface area contributed by atoms with Crippen molar-refractivity contribution >= 4 is 15.9 Å². The van der Waals surface area contributed by atoms with Crippen LogP contribution < -0.4 is 0 Å².